The third-order valence-electron chi connectivity index (χ3n) is 9.38. The van der Waals surface area contributed by atoms with Crippen molar-refractivity contribution < 1.29 is 9.59 Å². The molecule has 0 spiro atoms. The van der Waals surface area contributed by atoms with Crippen LogP contribution in [0.25, 0.3) is 64.6 Å². The number of nitrogens with zero attached hydrogens (tertiary/aromatic N) is 1. The number of carbonyl (C=O) groups excluding carboxylic acids is 2. The minimum atomic E-state index is -0.278. The van der Waals surface area contributed by atoms with Gasteiger partial charge < -0.3 is 10.6 Å². The second-order valence-electron chi connectivity index (χ2n) is 12.0. The van der Waals surface area contributed by atoms with E-state index >= 15 is 0 Å². The minimum absolute atomic E-state index is 0.278. The molecule has 0 aliphatic rings. The fourth-order valence-corrected chi connectivity index (χ4v) is 7.14. The van der Waals surface area contributed by atoms with Crippen molar-refractivity contribution in [2.45, 2.75) is 13.1 Å². The zero-order chi connectivity index (χ0) is 30.8. The highest BCUT2D eigenvalue weighted by Crippen LogP contribution is 2.37. The molecule has 5 heteroatoms. The number of aromatic nitrogens is 1. The number of carbonyl (C=O) groups is 2. The fraction of sp³-hybridized carbons (Fsp3) is 0.0488. The van der Waals surface area contributed by atoms with Crippen LogP contribution in [0.2, 0.25) is 0 Å². The smallest absolute Gasteiger partial charge is 0.253 e. The van der Waals surface area contributed by atoms with E-state index < -0.39 is 0 Å². The van der Waals surface area contributed by atoms with E-state index in [4.69, 9.17) is 0 Å². The molecule has 218 valence electrons. The molecule has 0 saturated carbocycles. The summed E-state index contributed by atoms with van der Waals surface area (Å²) in [4.78, 5) is 30.8. The number of hydrogen-bond donors (Lipinski definition) is 2. The Morgan fingerprint density at radius 1 is 0.457 bits per heavy atom. The van der Waals surface area contributed by atoms with E-state index in [0.717, 1.165) is 21.9 Å². The van der Waals surface area contributed by atoms with Crippen LogP contribution < -0.4 is 10.6 Å². The summed E-state index contributed by atoms with van der Waals surface area (Å²) in [7, 11) is 0. The first-order valence-electron chi connectivity index (χ1n) is 15.4. The van der Waals surface area contributed by atoms with Gasteiger partial charge in [-0.05, 0) is 81.8 Å². The zero-order valence-corrected chi connectivity index (χ0v) is 24.8. The lowest BCUT2D eigenvalue weighted by Gasteiger charge is -2.15. The molecule has 0 saturated heterocycles. The fourth-order valence-electron chi connectivity index (χ4n) is 7.14. The SMILES string of the molecule is O=C(NCc1ccc2ccc3cccc4ccc1c2c34)c1cncc(C(=O)NCc2ccc3ccc4cccc5ccc2c3c45)c1. The maximum absolute atomic E-state index is 13.3. The van der Waals surface area contributed by atoms with E-state index in [0.29, 0.717) is 24.2 Å². The Morgan fingerprint density at radius 2 is 0.826 bits per heavy atom. The third-order valence-corrected chi connectivity index (χ3v) is 9.38. The molecular formula is C41H27N3O2. The van der Waals surface area contributed by atoms with Gasteiger partial charge in [-0.2, -0.15) is 0 Å². The lowest BCUT2D eigenvalue weighted by molar-refractivity contribution is 0.0950. The summed E-state index contributed by atoms with van der Waals surface area (Å²) in [5, 5.41) is 20.4. The van der Waals surface area contributed by atoms with Crippen molar-refractivity contribution in [2.24, 2.45) is 0 Å². The van der Waals surface area contributed by atoms with Gasteiger partial charge in [-0.15, -0.1) is 0 Å². The Kier molecular flexibility index (Phi) is 5.87. The quantitative estimate of drug-likeness (QED) is 0.189. The molecule has 0 bridgehead atoms. The van der Waals surface area contributed by atoms with Crippen molar-refractivity contribution in [1.29, 1.82) is 0 Å². The van der Waals surface area contributed by atoms with Crippen LogP contribution in [-0.2, 0) is 13.1 Å². The second kappa shape index (κ2) is 10.2. The van der Waals surface area contributed by atoms with E-state index in [2.05, 4.69) is 125 Å². The Bertz CT molecular complexity index is 2430. The number of rotatable bonds is 6. The van der Waals surface area contributed by atoms with Gasteiger partial charge in [-0.25, -0.2) is 0 Å². The number of benzene rings is 8. The van der Waals surface area contributed by atoms with Crippen LogP contribution >= 0.6 is 0 Å². The summed E-state index contributed by atoms with van der Waals surface area (Å²) >= 11 is 0. The highest BCUT2D eigenvalue weighted by molar-refractivity contribution is 6.24. The van der Waals surface area contributed by atoms with Gasteiger partial charge in [-0.1, -0.05) is 109 Å². The van der Waals surface area contributed by atoms with Gasteiger partial charge in [0.15, 0.2) is 0 Å². The highest BCUT2D eigenvalue weighted by atomic mass is 16.2. The molecule has 0 radical (unpaired) electrons. The average molecular weight is 594 g/mol. The number of nitrogens with one attached hydrogen (secondary N) is 2. The Morgan fingerprint density at radius 3 is 1.26 bits per heavy atom. The Labute approximate surface area is 264 Å². The van der Waals surface area contributed by atoms with E-state index in [1.165, 1.54) is 66.3 Å². The molecule has 0 aliphatic heterocycles. The topological polar surface area (TPSA) is 71.1 Å². The van der Waals surface area contributed by atoms with E-state index in [-0.39, 0.29) is 11.8 Å². The summed E-state index contributed by atoms with van der Waals surface area (Å²) < 4.78 is 0. The van der Waals surface area contributed by atoms with Gasteiger partial charge in [0, 0.05) is 25.5 Å². The van der Waals surface area contributed by atoms with Crippen molar-refractivity contribution in [1.82, 2.24) is 15.6 Å². The van der Waals surface area contributed by atoms with Crippen LogP contribution in [0.3, 0.4) is 0 Å². The Balaban J connectivity index is 0.940. The molecule has 5 nitrogen and oxygen atoms in total. The maximum Gasteiger partial charge on any atom is 0.253 e. The van der Waals surface area contributed by atoms with E-state index in [9.17, 15) is 9.59 Å². The predicted molar refractivity (Wildman–Crippen MR) is 187 cm³/mol. The molecule has 9 aromatic rings. The summed E-state index contributed by atoms with van der Waals surface area (Å²) in [5.41, 5.74) is 2.75. The van der Waals surface area contributed by atoms with E-state index in [1.807, 2.05) is 0 Å². The van der Waals surface area contributed by atoms with Crippen LogP contribution in [0.1, 0.15) is 31.8 Å². The van der Waals surface area contributed by atoms with Crippen molar-refractivity contribution in [3.8, 4) is 0 Å². The normalized spacial score (nSPS) is 11.8. The lowest BCUT2D eigenvalue weighted by atomic mass is 9.92. The molecule has 9 rings (SSSR count). The first kappa shape index (κ1) is 26.3. The average Bonchev–Trinajstić information content (AvgIpc) is 3.11. The molecule has 1 aromatic heterocycles. The summed E-state index contributed by atoms with van der Waals surface area (Å²) in [6.45, 7) is 0.718. The number of amides is 2. The second-order valence-corrected chi connectivity index (χ2v) is 12.0. The van der Waals surface area contributed by atoms with Crippen LogP contribution in [0, 0.1) is 0 Å². The van der Waals surface area contributed by atoms with Crippen molar-refractivity contribution in [2.75, 3.05) is 0 Å². The van der Waals surface area contributed by atoms with Crippen LogP contribution in [0.15, 0.2) is 128 Å². The molecular weight excluding hydrogens is 566 g/mol. The van der Waals surface area contributed by atoms with Crippen LogP contribution in [-0.4, -0.2) is 16.8 Å². The molecule has 0 atom stereocenters. The summed E-state index contributed by atoms with van der Waals surface area (Å²) in [6.07, 6.45) is 2.99. The summed E-state index contributed by atoms with van der Waals surface area (Å²) in [6, 6.07) is 39.9. The minimum Gasteiger partial charge on any atom is -0.348 e. The molecule has 1 heterocycles. The Hall–Kier alpha value is -6.07. The van der Waals surface area contributed by atoms with E-state index in [1.54, 1.807) is 6.07 Å². The standard InChI is InChI=1S/C41H27N3O2/c45-40(43-22-30-13-11-28-9-7-24-3-1-5-26-15-17-34(30)38(28)36(24)26)32-19-33(21-42-20-32)41(46)44-23-31-14-12-29-10-8-25-4-2-6-27-16-18-35(31)39(29)37(25)27/h1-21H,22-23H2,(H,43,45)(H,44,46). The number of pyridine rings is 1. The third kappa shape index (κ3) is 4.13. The predicted octanol–water partition coefficient (Wildman–Crippen LogP) is 8.74. The molecule has 46 heavy (non-hydrogen) atoms. The molecule has 0 unspecified atom stereocenters. The monoisotopic (exact) mass is 593 g/mol. The van der Waals surface area contributed by atoms with Crippen molar-refractivity contribution in [3.63, 3.8) is 0 Å². The first-order chi connectivity index (χ1) is 22.6. The molecule has 8 aromatic carbocycles. The number of hydrogen-bond acceptors (Lipinski definition) is 3. The lowest BCUT2D eigenvalue weighted by Crippen LogP contribution is -2.26. The first-order valence-corrected chi connectivity index (χ1v) is 15.4. The largest absolute Gasteiger partial charge is 0.348 e. The van der Waals surface area contributed by atoms with Gasteiger partial charge >= 0.3 is 0 Å². The zero-order valence-electron chi connectivity index (χ0n) is 24.8. The van der Waals surface area contributed by atoms with Crippen molar-refractivity contribution >= 4 is 76.4 Å². The van der Waals surface area contributed by atoms with Gasteiger partial charge in [0.1, 0.15) is 0 Å². The van der Waals surface area contributed by atoms with Gasteiger partial charge in [0.25, 0.3) is 11.8 Å². The van der Waals surface area contributed by atoms with Gasteiger partial charge in [-0.3, -0.25) is 14.6 Å². The maximum atomic E-state index is 13.3. The highest BCUT2D eigenvalue weighted by Gasteiger charge is 2.16. The molecule has 0 fully saturated rings. The van der Waals surface area contributed by atoms with Gasteiger partial charge in [0.05, 0.1) is 11.1 Å². The van der Waals surface area contributed by atoms with Crippen LogP contribution in [0.4, 0.5) is 0 Å². The molecule has 2 N–H and O–H groups in total. The van der Waals surface area contributed by atoms with Crippen molar-refractivity contribution in [3.05, 3.63) is 150 Å². The van der Waals surface area contributed by atoms with Crippen LogP contribution in [0.5, 0.6) is 0 Å². The molecule has 2 amide bonds. The molecule has 0 aliphatic carbocycles. The van der Waals surface area contributed by atoms with Gasteiger partial charge in [0.2, 0.25) is 0 Å². The summed E-state index contributed by atoms with van der Waals surface area (Å²) in [5.74, 6) is -0.556.